The van der Waals surface area contributed by atoms with E-state index in [4.69, 9.17) is 15.6 Å². The average Bonchev–Trinajstić information content (AvgIpc) is 2.57. The summed E-state index contributed by atoms with van der Waals surface area (Å²) in [5.41, 5.74) is 6.05. The first-order chi connectivity index (χ1) is 11.9. The van der Waals surface area contributed by atoms with E-state index in [1.165, 1.54) is 6.07 Å². The average molecular weight is 460 g/mol. The summed E-state index contributed by atoms with van der Waals surface area (Å²) in [4.78, 5) is 11.8. The molecule has 0 aliphatic heterocycles. The van der Waals surface area contributed by atoms with Crippen molar-refractivity contribution in [1.29, 1.82) is 0 Å². The van der Waals surface area contributed by atoms with Crippen LogP contribution in [-0.2, 0) is 0 Å². The summed E-state index contributed by atoms with van der Waals surface area (Å²) >= 11 is 2.00. The molecule has 0 spiro atoms. The number of amides is 1. The highest BCUT2D eigenvalue weighted by Crippen LogP contribution is 2.30. The van der Waals surface area contributed by atoms with Crippen LogP contribution < -0.4 is 15.8 Å². The van der Waals surface area contributed by atoms with Gasteiger partial charge in [-0.05, 0) is 52.9 Å². The van der Waals surface area contributed by atoms with Crippen LogP contribution >= 0.6 is 22.6 Å². The maximum atomic E-state index is 14.0. The fourth-order valence-corrected chi connectivity index (χ4v) is 2.60. The zero-order valence-corrected chi connectivity index (χ0v) is 15.4. The zero-order chi connectivity index (χ0) is 18.4. The van der Waals surface area contributed by atoms with Gasteiger partial charge in [0, 0.05) is 9.99 Å². The Balaban J connectivity index is 2.25. The largest absolute Gasteiger partial charge is 0.493 e. The number of aliphatic hydroxyl groups excluding tert-OH is 2. The molecule has 0 aliphatic rings. The molecule has 1 unspecified atom stereocenters. The van der Waals surface area contributed by atoms with Gasteiger partial charge in [0.25, 0.3) is 5.91 Å². The summed E-state index contributed by atoms with van der Waals surface area (Å²) in [7, 11) is 0. The third-order valence-corrected chi connectivity index (χ3v) is 4.06. The van der Waals surface area contributed by atoms with E-state index in [0.29, 0.717) is 5.69 Å². The number of rotatable bonds is 8. The lowest BCUT2D eigenvalue weighted by molar-refractivity contribution is 0.0751. The number of carbonyl (C=O) groups excluding carboxylic acids is 1. The zero-order valence-electron chi connectivity index (χ0n) is 13.2. The molecule has 0 saturated heterocycles. The fraction of sp³-hybridized carbons (Fsp3) is 0.235. The Morgan fingerprint density at radius 2 is 2.08 bits per heavy atom. The van der Waals surface area contributed by atoms with E-state index >= 15 is 0 Å². The molecule has 2 aromatic carbocycles. The van der Waals surface area contributed by atoms with Gasteiger partial charge in [0.1, 0.15) is 17.1 Å². The molecule has 1 atom stereocenters. The summed E-state index contributed by atoms with van der Waals surface area (Å²) in [5.74, 6) is -0.972. The number of nitrogens with one attached hydrogen (secondary N) is 1. The first-order valence-corrected chi connectivity index (χ1v) is 8.57. The van der Waals surface area contributed by atoms with E-state index in [1.54, 1.807) is 30.3 Å². The monoisotopic (exact) mass is 460 g/mol. The standard InChI is InChI=1S/C17H18FIN2O4/c18-12-8-10(19)4-5-13(12)21-14-2-1-3-15(16(14)17(20)24)25-7-6-11(23)9-22/h1-5,8,11,21-23H,6-7,9H2,(H2,20,24). The van der Waals surface area contributed by atoms with E-state index in [0.717, 1.165) is 3.57 Å². The van der Waals surface area contributed by atoms with E-state index in [1.807, 2.05) is 22.6 Å². The van der Waals surface area contributed by atoms with Crippen molar-refractivity contribution in [3.05, 3.63) is 51.3 Å². The number of anilines is 2. The number of ether oxygens (including phenoxy) is 1. The minimum atomic E-state index is -0.903. The van der Waals surface area contributed by atoms with Gasteiger partial charge in [0.2, 0.25) is 0 Å². The molecule has 25 heavy (non-hydrogen) atoms. The normalized spacial score (nSPS) is 11.8. The number of hydrogen-bond donors (Lipinski definition) is 4. The topological polar surface area (TPSA) is 105 Å². The number of primary amides is 1. The summed E-state index contributed by atoms with van der Waals surface area (Å²) in [6, 6.07) is 9.44. The van der Waals surface area contributed by atoms with Crippen LogP contribution in [0.5, 0.6) is 5.75 Å². The Labute approximate surface area is 157 Å². The minimum Gasteiger partial charge on any atom is -0.493 e. The molecular formula is C17H18FIN2O4. The lowest BCUT2D eigenvalue weighted by Crippen LogP contribution is -2.18. The van der Waals surface area contributed by atoms with E-state index in [9.17, 15) is 14.3 Å². The number of aliphatic hydroxyl groups is 2. The summed E-state index contributed by atoms with van der Waals surface area (Å²) in [6.07, 6.45) is -0.711. The molecule has 2 aromatic rings. The van der Waals surface area contributed by atoms with Crippen molar-refractivity contribution < 1.29 is 24.1 Å². The molecule has 2 rings (SSSR count). The number of hydrogen-bond acceptors (Lipinski definition) is 5. The Morgan fingerprint density at radius 3 is 2.72 bits per heavy atom. The van der Waals surface area contributed by atoms with Crippen LogP contribution in [0.15, 0.2) is 36.4 Å². The molecule has 0 aliphatic carbocycles. The Morgan fingerprint density at radius 1 is 1.32 bits per heavy atom. The molecule has 134 valence electrons. The van der Waals surface area contributed by atoms with Crippen molar-refractivity contribution in [3.8, 4) is 5.75 Å². The molecule has 0 aromatic heterocycles. The maximum absolute atomic E-state index is 14.0. The van der Waals surface area contributed by atoms with Gasteiger partial charge in [-0.3, -0.25) is 4.79 Å². The summed E-state index contributed by atoms with van der Waals surface area (Å²) in [6.45, 7) is -0.289. The quantitative estimate of drug-likeness (QED) is 0.453. The van der Waals surface area contributed by atoms with Gasteiger partial charge >= 0.3 is 0 Å². The molecule has 0 saturated carbocycles. The number of nitrogens with two attached hydrogens (primary N) is 1. The second-order valence-corrected chi connectivity index (χ2v) is 6.51. The van der Waals surface area contributed by atoms with Crippen LogP contribution in [-0.4, -0.2) is 35.4 Å². The Bertz CT molecular complexity index is 757. The van der Waals surface area contributed by atoms with Crippen molar-refractivity contribution in [3.63, 3.8) is 0 Å². The van der Waals surface area contributed by atoms with Crippen LogP contribution in [0, 0.1) is 9.39 Å². The van der Waals surface area contributed by atoms with Crippen LogP contribution in [0.3, 0.4) is 0 Å². The predicted octanol–water partition coefficient (Wildman–Crippen LogP) is 2.39. The van der Waals surface area contributed by atoms with Crippen LogP contribution in [0.1, 0.15) is 16.8 Å². The minimum absolute atomic E-state index is 0.0824. The van der Waals surface area contributed by atoms with Crippen molar-refractivity contribution in [2.45, 2.75) is 12.5 Å². The van der Waals surface area contributed by atoms with Gasteiger partial charge in [0.15, 0.2) is 0 Å². The third kappa shape index (κ3) is 5.28. The smallest absolute Gasteiger partial charge is 0.254 e. The molecule has 6 nitrogen and oxygen atoms in total. The van der Waals surface area contributed by atoms with Crippen LogP contribution in [0.4, 0.5) is 15.8 Å². The van der Waals surface area contributed by atoms with Gasteiger partial charge in [-0.15, -0.1) is 0 Å². The number of halogens is 2. The second kappa shape index (κ2) is 8.97. The third-order valence-electron chi connectivity index (χ3n) is 3.39. The highest BCUT2D eigenvalue weighted by atomic mass is 127. The summed E-state index contributed by atoms with van der Waals surface area (Å²) in [5, 5.41) is 21.0. The first kappa shape index (κ1) is 19.4. The van der Waals surface area contributed by atoms with Crippen LogP contribution in [0.2, 0.25) is 0 Å². The van der Waals surface area contributed by atoms with Crippen molar-refractivity contribution >= 4 is 39.9 Å². The first-order valence-electron chi connectivity index (χ1n) is 7.49. The van der Waals surface area contributed by atoms with Crippen molar-refractivity contribution in [2.24, 2.45) is 5.73 Å². The SMILES string of the molecule is NC(=O)c1c(Nc2ccc(I)cc2F)cccc1OCCC(O)CO. The number of carbonyl (C=O) groups is 1. The van der Waals surface area contributed by atoms with Crippen molar-refractivity contribution in [1.82, 2.24) is 0 Å². The molecule has 5 N–H and O–H groups in total. The lowest BCUT2D eigenvalue weighted by atomic mass is 10.1. The second-order valence-electron chi connectivity index (χ2n) is 5.27. The molecular weight excluding hydrogens is 442 g/mol. The highest BCUT2D eigenvalue weighted by Gasteiger charge is 2.17. The molecule has 0 fully saturated rings. The summed E-state index contributed by atoms with van der Waals surface area (Å²) < 4.78 is 20.3. The van der Waals surface area contributed by atoms with Gasteiger partial charge in [-0.2, -0.15) is 0 Å². The van der Waals surface area contributed by atoms with Gasteiger partial charge in [0.05, 0.1) is 30.7 Å². The highest BCUT2D eigenvalue weighted by molar-refractivity contribution is 14.1. The Hall–Kier alpha value is -1.91. The molecule has 1 amide bonds. The van der Waals surface area contributed by atoms with E-state index in [2.05, 4.69) is 5.32 Å². The fourth-order valence-electron chi connectivity index (χ4n) is 2.14. The van der Waals surface area contributed by atoms with Crippen molar-refractivity contribution in [2.75, 3.05) is 18.5 Å². The predicted molar refractivity (Wildman–Crippen MR) is 101 cm³/mol. The van der Waals surface area contributed by atoms with E-state index < -0.39 is 17.8 Å². The molecule has 0 radical (unpaired) electrons. The van der Waals surface area contributed by atoms with Crippen LogP contribution in [0.25, 0.3) is 0 Å². The van der Waals surface area contributed by atoms with Gasteiger partial charge < -0.3 is 26.0 Å². The maximum Gasteiger partial charge on any atom is 0.254 e. The Kier molecular flexibility index (Phi) is 6.97. The lowest BCUT2D eigenvalue weighted by Gasteiger charge is -2.16. The van der Waals surface area contributed by atoms with Gasteiger partial charge in [-0.25, -0.2) is 4.39 Å². The van der Waals surface area contributed by atoms with Gasteiger partial charge in [-0.1, -0.05) is 6.07 Å². The molecule has 0 bridgehead atoms. The molecule has 8 heteroatoms. The molecule has 0 heterocycles. The number of benzene rings is 2. The van der Waals surface area contributed by atoms with E-state index in [-0.39, 0.29) is 36.6 Å².